The highest BCUT2D eigenvalue weighted by atomic mass is 16.5. The lowest BCUT2D eigenvalue weighted by Gasteiger charge is -2.28. The van der Waals surface area contributed by atoms with E-state index in [0.717, 1.165) is 36.9 Å². The van der Waals surface area contributed by atoms with Crippen LogP contribution in [0.25, 0.3) is 0 Å². The second-order valence-corrected chi connectivity index (χ2v) is 6.92. The number of nitrogens with one attached hydrogen (secondary N) is 2. The highest BCUT2D eigenvalue weighted by molar-refractivity contribution is 5.95. The normalized spacial score (nSPS) is 21.0. The number of hydrogen-bond donors (Lipinski definition) is 2. The minimum absolute atomic E-state index is 0.0902. The summed E-state index contributed by atoms with van der Waals surface area (Å²) >= 11 is 0. The first-order valence-electron chi connectivity index (χ1n) is 9.11. The third kappa shape index (κ3) is 4.31. The minimum atomic E-state index is -0.245. The van der Waals surface area contributed by atoms with E-state index in [0.29, 0.717) is 5.56 Å². The van der Waals surface area contributed by atoms with Crippen molar-refractivity contribution in [3.05, 3.63) is 53.3 Å². The molecule has 138 valence electrons. The van der Waals surface area contributed by atoms with Crippen molar-refractivity contribution in [1.29, 1.82) is 0 Å². The van der Waals surface area contributed by atoms with Crippen molar-refractivity contribution in [3.63, 3.8) is 0 Å². The molecule has 1 fully saturated rings. The fourth-order valence-corrected chi connectivity index (χ4v) is 3.38. The van der Waals surface area contributed by atoms with Gasteiger partial charge in [0.2, 0.25) is 0 Å². The first kappa shape index (κ1) is 18.2. The van der Waals surface area contributed by atoms with Crippen molar-refractivity contribution in [3.8, 4) is 0 Å². The number of hydrogen-bond acceptors (Lipinski definition) is 4. The number of benzene rings is 1. The molecule has 1 amide bonds. The Morgan fingerprint density at radius 1 is 1.19 bits per heavy atom. The molecule has 1 atom stereocenters. The highest BCUT2D eigenvalue weighted by Gasteiger charge is 2.29. The summed E-state index contributed by atoms with van der Waals surface area (Å²) in [6.45, 7) is 3.72. The summed E-state index contributed by atoms with van der Waals surface area (Å²) in [6, 6.07) is 9.83. The van der Waals surface area contributed by atoms with Crippen molar-refractivity contribution < 1.29 is 14.3 Å². The van der Waals surface area contributed by atoms with Crippen LogP contribution in [0.15, 0.2) is 36.5 Å². The van der Waals surface area contributed by atoms with Gasteiger partial charge in [0.05, 0.1) is 17.7 Å². The number of amides is 1. The first-order valence-corrected chi connectivity index (χ1v) is 9.11. The summed E-state index contributed by atoms with van der Waals surface area (Å²) in [6.07, 6.45) is 4.32. The van der Waals surface area contributed by atoms with E-state index in [9.17, 15) is 9.59 Å². The standard InChI is InChI=1S/C20H25N3O3/c1-13-18(12-21-23-13)19(24)22-17-10-8-16(9-11-17)20(25)26-14(2)15-6-4-3-5-7-15/h3-7,12,14,16-17H,8-11H2,1-2H3,(H,21,23)(H,22,24)/t14-,16-,17+/m0/s1. The fraction of sp³-hybridized carbons (Fsp3) is 0.450. The largest absolute Gasteiger partial charge is 0.458 e. The molecule has 6 heteroatoms. The first-order chi connectivity index (χ1) is 12.5. The van der Waals surface area contributed by atoms with Crippen molar-refractivity contribution in [2.75, 3.05) is 0 Å². The maximum Gasteiger partial charge on any atom is 0.309 e. The van der Waals surface area contributed by atoms with Crippen LogP contribution < -0.4 is 5.32 Å². The van der Waals surface area contributed by atoms with Gasteiger partial charge in [0, 0.05) is 11.7 Å². The van der Waals surface area contributed by atoms with Crippen LogP contribution in [-0.4, -0.2) is 28.1 Å². The average molecular weight is 355 g/mol. The second-order valence-electron chi connectivity index (χ2n) is 6.92. The number of nitrogens with zero attached hydrogens (tertiary/aromatic N) is 1. The topological polar surface area (TPSA) is 84.1 Å². The van der Waals surface area contributed by atoms with Crippen molar-refractivity contribution in [2.24, 2.45) is 5.92 Å². The summed E-state index contributed by atoms with van der Waals surface area (Å²) in [5, 5.41) is 9.68. The Hall–Kier alpha value is -2.63. The Balaban J connectivity index is 1.46. The predicted octanol–water partition coefficient (Wildman–Crippen LogP) is 3.31. The molecule has 1 aliphatic carbocycles. The van der Waals surface area contributed by atoms with E-state index < -0.39 is 0 Å². The molecule has 0 radical (unpaired) electrons. The van der Waals surface area contributed by atoms with Crippen LogP contribution in [0.1, 0.15) is 60.3 Å². The molecule has 1 aromatic heterocycles. The highest BCUT2D eigenvalue weighted by Crippen LogP contribution is 2.28. The molecule has 3 rings (SSSR count). The molecule has 0 spiro atoms. The third-order valence-corrected chi connectivity index (χ3v) is 5.03. The number of H-pyrrole nitrogens is 1. The summed E-state index contributed by atoms with van der Waals surface area (Å²) in [5.74, 6) is -0.346. The summed E-state index contributed by atoms with van der Waals surface area (Å²) in [4.78, 5) is 24.7. The number of ether oxygens (including phenoxy) is 1. The summed E-state index contributed by atoms with van der Waals surface area (Å²) < 4.78 is 5.63. The molecule has 1 heterocycles. The van der Waals surface area contributed by atoms with Crippen molar-refractivity contribution in [2.45, 2.75) is 51.7 Å². The Labute approximate surface area is 153 Å². The zero-order valence-corrected chi connectivity index (χ0v) is 15.2. The number of rotatable bonds is 5. The molecule has 1 aliphatic rings. The molecule has 6 nitrogen and oxygen atoms in total. The van der Waals surface area contributed by atoms with Crippen LogP contribution in [0.2, 0.25) is 0 Å². The van der Waals surface area contributed by atoms with Crippen LogP contribution in [-0.2, 0) is 9.53 Å². The lowest BCUT2D eigenvalue weighted by Crippen LogP contribution is -2.39. The zero-order valence-electron chi connectivity index (χ0n) is 15.2. The molecule has 2 N–H and O–H groups in total. The number of carbonyl (C=O) groups is 2. The van der Waals surface area contributed by atoms with Gasteiger partial charge in [-0.15, -0.1) is 0 Å². The van der Waals surface area contributed by atoms with Gasteiger partial charge in [-0.1, -0.05) is 30.3 Å². The van der Waals surface area contributed by atoms with E-state index in [4.69, 9.17) is 4.74 Å². The fourth-order valence-electron chi connectivity index (χ4n) is 3.38. The lowest BCUT2D eigenvalue weighted by atomic mass is 9.86. The van der Waals surface area contributed by atoms with E-state index in [-0.39, 0.29) is 29.9 Å². The molecule has 0 bridgehead atoms. The maximum absolute atomic E-state index is 12.4. The molecule has 2 aromatic rings. The van der Waals surface area contributed by atoms with Crippen LogP contribution in [0.3, 0.4) is 0 Å². The summed E-state index contributed by atoms with van der Waals surface area (Å²) in [5.41, 5.74) is 2.33. The molecule has 1 aromatic carbocycles. The van der Waals surface area contributed by atoms with E-state index >= 15 is 0 Å². The number of esters is 1. The Kier molecular flexibility index (Phi) is 5.71. The van der Waals surface area contributed by atoms with E-state index in [1.807, 2.05) is 44.2 Å². The quantitative estimate of drug-likeness (QED) is 0.806. The van der Waals surface area contributed by atoms with E-state index in [1.54, 1.807) is 6.20 Å². The Morgan fingerprint density at radius 2 is 1.88 bits per heavy atom. The van der Waals surface area contributed by atoms with Gasteiger partial charge in [-0.3, -0.25) is 14.7 Å². The van der Waals surface area contributed by atoms with Gasteiger partial charge in [-0.2, -0.15) is 5.10 Å². The second kappa shape index (κ2) is 8.17. The minimum Gasteiger partial charge on any atom is -0.458 e. The van der Waals surface area contributed by atoms with Crippen molar-refractivity contribution in [1.82, 2.24) is 15.5 Å². The number of aromatic nitrogens is 2. The predicted molar refractivity (Wildman–Crippen MR) is 97.5 cm³/mol. The van der Waals surface area contributed by atoms with Gasteiger partial charge in [0.15, 0.2) is 0 Å². The van der Waals surface area contributed by atoms with Gasteiger partial charge < -0.3 is 10.1 Å². The Morgan fingerprint density at radius 3 is 2.50 bits per heavy atom. The molecule has 1 saturated carbocycles. The monoisotopic (exact) mass is 355 g/mol. The van der Waals surface area contributed by atoms with Crippen LogP contribution >= 0.6 is 0 Å². The molecule has 0 saturated heterocycles. The van der Waals surface area contributed by atoms with Gasteiger partial charge >= 0.3 is 5.97 Å². The number of carbonyl (C=O) groups excluding carboxylic acids is 2. The molecular weight excluding hydrogens is 330 g/mol. The van der Waals surface area contributed by atoms with Gasteiger partial charge in [0.1, 0.15) is 6.10 Å². The van der Waals surface area contributed by atoms with E-state index in [1.165, 1.54) is 0 Å². The molecule has 0 aliphatic heterocycles. The van der Waals surface area contributed by atoms with Crippen LogP contribution in [0, 0.1) is 12.8 Å². The van der Waals surface area contributed by atoms with Crippen LogP contribution in [0.5, 0.6) is 0 Å². The lowest BCUT2D eigenvalue weighted by molar-refractivity contribution is -0.154. The maximum atomic E-state index is 12.4. The Bertz CT molecular complexity index is 749. The summed E-state index contributed by atoms with van der Waals surface area (Å²) in [7, 11) is 0. The SMILES string of the molecule is Cc1[nH]ncc1C(=O)N[C@H]1CC[C@@H](C(=O)O[C@@H](C)c2ccccc2)CC1. The molecule has 26 heavy (non-hydrogen) atoms. The third-order valence-electron chi connectivity index (χ3n) is 5.03. The average Bonchev–Trinajstić information content (AvgIpc) is 3.09. The zero-order chi connectivity index (χ0) is 18.5. The van der Waals surface area contributed by atoms with Gasteiger partial charge in [-0.25, -0.2) is 0 Å². The smallest absolute Gasteiger partial charge is 0.309 e. The number of aromatic amines is 1. The van der Waals surface area contributed by atoms with E-state index in [2.05, 4.69) is 15.5 Å². The number of aryl methyl sites for hydroxylation is 1. The van der Waals surface area contributed by atoms with Gasteiger partial charge in [0.25, 0.3) is 5.91 Å². The van der Waals surface area contributed by atoms with Crippen molar-refractivity contribution >= 4 is 11.9 Å². The van der Waals surface area contributed by atoms with Crippen LogP contribution in [0.4, 0.5) is 0 Å². The molecular formula is C20H25N3O3. The molecule has 0 unspecified atom stereocenters. The van der Waals surface area contributed by atoms with Gasteiger partial charge in [-0.05, 0) is 45.1 Å².